The molecular formula is C21H35IN4OS. The second-order valence-electron chi connectivity index (χ2n) is 7.17. The maximum absolute atomic E-state index is 5.48. The van der Waals surface area contributed by atoms with Crippen molar-refractivity contribution in [3.63, 3.8) is 0 Å². The summed E-state index contributed by atoms with van der Waals surface area (Å²) in [5, 5.41) is 4.23. The van der Waals surface area contributed by atoms with Crippen LogP contribution in [0.5, 0.6) is 0 Å². The molecule has 0 bridgehead atoms. The first-order valence-corrected chi connectivity index (χ1v) is 11.4. The van der Waals surface area contributed by atoms with E-state index in [9.17, 15) is 0 Å². The van der Waals surface area contributed by atoms with Crippen molar-refractivity contribution < 1.29 is 4.74 Å². The zero-order valence-corrected chi connectivity index (χ0v) is 20.4. The monoisotopic (exact) mass is 518 g/mol. The highest BCUT2D eigenvalue weighted by atomic mass is 127. The van der Waals surface area contributed by atoms with Gasteiger partial charge in [-0.1, -0.05) is 31.2 Å². The summed E-state index contributed by atoms with van der Waals surface area (Å²) in [5.41, 5.74) is 2.72. The summed E-state index contributed by atoms with van der Waals surface area (Å²) in [6, 6.07) is 8.74. The van der Waals surface area contributed by atoms with Gasteiger partial charge in [-0.2, -0.15) is 11.8 Å². The lowest BCUT2D eigenvalue weighted by atomic mass is 10.1. The lowest BCUT2D eigenvalue weighted by Crippen LogP contribution is -2.48. The third kappa shape index (κ3) is 7.07. The predicted octanol–water partition coefficient (Wildman–Crippen LogP) is 3.43. The van der Waals surface area contributed by atoms with E-state index in [0.29, 0.717) is 0 Å². The van der Waals surface area contributed by atoms with Crippen LogP contribution in [-0.2, 0) is 17.8 Å². The summed E-state index contributed by atoms with van der Waals surface area (Å²) in [6.07, 6.45) is 1.23. The summed E-state index contributed by atoms with van der Waals surface area (Å²) in [4.78, 5) is 9.93. The molecule has 0 radical (unpaired) electrons. The van der Waals surface area contributed by atoms with Crippen LogP contribution in [0.3, 0.4) is 0 Å². The van der Waals surface area contributed by atoms with Crippen molar-refractivity contribution in [3.05, 3.63) is 35.4 Å². The molecule has 0 aliphatic carbocycles. The van der Waals surface area contributed by atoms with Gasteiger partial charge in [-0.3, -0.25) is 4.90 Å². The summed E-state index contributed by atoms with van der Waals surface area (Å²) < 4.78 is 5.48. The van der Waals surface area contributed by atoms with Crippen molar-refractivity contribution in [2.45, 2.75) is 38.6 Å². The number of ether oxygens (including phenoxy) is 1. The van der Waals surface area contributed by atoms with E-state index in [0.717, 1.165) is 70.2 Å². The van der Waals surface area contributed by atoms with E-state index in [1.165, 1.54) is 23.3 Å². The molecule has 1 atom stereocenters. The zero-order chi connectivity index (χ0) is 18.9. The first-order chi connectivity index (χ1) is 13.3. The molecule has 2 saturated heterocycles. The first-order valence-electron chi connectivity index (χ1n) is 10.3. The Morgan fingerprint density at radius 1 is 1.18 bits per heavy atom. The van der Waals surface area contributed by atoms with Crippen molar-refractivity contribution in [1.29, 1.82) is 0 Å². The van der Waals surface area contributed by atoms with Crippen LogP contribution in [0.4, 0.5) is 0 Å². The highest BCUT2D eigenvalue weighted by molar-refractivity contribution is 14.0. The number of morpholine rings is 1. The van der Waals surface area contributed by atoms with E-state index < -0.39 is 0 Å². The van der Waals surface area contributed by atoms with Crippen LogP contribution < -0.4 is 5.32 Å². The average Bonchev–Trinajstić information content (AvgIpc) is 2.73. The number of thioether (sulfide) groups is 1. The molecule has 0 saturated carbocycles. The van der Waals surface area contributed by atoms with E-state index in [-0.39, 0.29) is 24.0 Å². The maximum atomic E-state index is 5.48. The highest BCUT2D eigenvalue weighted by Crippen LogP contribution is 2.21. The number of aliphatic imine (C=N–C) groups is 1. The molecule has 0 aromatic heterocycles. The first kappa shape index (κ1) is 23.8. The van der Waals surface area contributed by atoms with E-state index in [1.54, 1.807) is 0 Å². The average molecular weight is 519 g/mol. The van der Waals surface area contributed by atoms with Crippen molar-refractivity contribution >= 4 is 41.7 Å². The number of nitrogens with zero attached hydrogens (tertiary/aromatic N) is 3. The standard InChI is InChI=1S/C21H34N4OS.HI/c1-3-20-17-25(11-14-27-20)21(22-4-2)23-15-18-7-5-6-8-19(18)16-24-9-12-26-13-10-24;/h5-8,20H,3-4,9-17H2,1-2H3,(H,22,23);1H. The molecule has 1 aromatic carbocycles. The topological polar surface area (TPSA) is 40.1 Å². The number of rotatable bonds is 6. The van der Waals surface area contributed by atoms with Gasteiger partial charge in [0, 0.05) is 50.3 Å². The molecule has 2 heterocycles. The van der Waals surface area contributed by atoms with E-state index >= 15 is 0 Å². The molecule has 28 heavy (non-hydrogen) atoms. The zero-order valence-electron chi connectivity index (χ0n) is 17.2. The molecule has 0 spiro atoms. The molecule has 2 fully saturated rings. The van der Waals surface area contributed by atoms with Gasteiger partial charge in [0.15, 0.2) is 5.96 Å². The van der Waals surface area contributed by atoms with Gasteiger partial charge < -0.3 is 15.0 Å². The number of guanidine groups is 1. The lowest BCUT2D eigenvalue weighted by molar-refractivity contribution is 0.0341. The van der Waals surface area contributed by atoms with Gasteiger partial charge in [0.1, 0.15) is 0 Å². The second kappa shape index (κ2) is 12.9. The molecule has 0 amide bonds. The fourth-order valence-corrected chi connectivity index (χ4v) is 4.79. The van der Waals surface area contributed by atoms with Gasteiger partial charge in [0.05, 0.1) is 19.8 Å². The Morgan fingerprint density at radius 3 is 2.64 bits per heavy atom. The molecular weight excluding hydrogens is 483 g/mol. The lowest BCUT2D eigenvalue weighted by Gasteiger charge is -2.34. The van der Waals surface area contributed by atoms with Crippen LogP contribution >= 0.6 is 35.7 Å². The normalized spacial score (nSPS) is 21.3. The Kier molecular flexibility index (Phi) is 11.0. The smallest absolute Gasteiger partial charge is 0.194 e. The molecule has 5 nitrogen and oxygen atoms in total. The third-order valence-corrected chi connectivity index (χ3v) is 6.62. The van der Waals surface area contributed by atoms with Crippen LogP contribution in [-0.4, -0.2) is 72.7 Å². The van der Waals surface area contributed by atoms with Gasteiger partial charge in [0.25, 0.3) is 0 Å². The SMILES string of the molecule is CCNC(=NCc1ccccc1CN1CCOCC1)N1CCSC(CC)C1.I. The van der Waals surface area contributed by atoms with Gasteiger partial charge in [-0.05, 0) is 24.5 Å². The Labute approximate surface area is 191 Å². The molecule has 2 aliphatic rings. The Hall–Kier alpha value is -0.510. The van der Waals surface area contributed by atoms with E-state index in [2.05, 4.69) is 65.0 Å². The fourth-order valence-electron chi connectivity index (χ4n) is 3.61. The molecule has 1 aromatic rings. The third-order valence-electron chi connectivity index (χ3n) is 5.24. The second-order valence-corrected chi connectivity index (χ2v) is 8.58. The molecule has 7 heteroatoms. The van der Waals surface area contributed by atoms with Crippen LogP contribution in [0, 0.1) is 0 Å². The molecule has 1 N–H and O–H groups in total. The molecule has 158 valence electrons. The van der Waals surface area contributed by atoms with Gasteiger partial charge >= 0.3 is 0 Å². The van der Waals surface area contributed by atoms with Crippen molar-refractivity contribution in [2.75, 3.05) is 51.7 Å². The summed E-state index contributed by atoms with van der Waals surface area (Å²) >= 11 is 2.10. The van der Waals surface area contributed by atoms with Crippen LogP contribution in [0.15, 0.2) is 29.3 Å². The van der Waals surface area contributed by atoms with Gasteiger partial charge in [-0.15, -0.1) is 24.0 Å². The largest absolute Gasteiger partial charge is 0.379 e. The molecule has 1 unspecified atom stereocenters. The van der Waals surface area contributed by atoms with Crippen LogP contribution in [0.25, 0.3) is 0 Å². The van der Waals surface area contributed by atoms with E-state index in [4.69, 9.17) is 9.73 Å². The maximum Gasteiger partial charge on any atom is 0.194 e. The van der Waals surface area contributed by atoms with Gasteiger partial charge in [0.2, 0.25) is 0 Å². The number of hydrogen-bond donors (Lipinski definition) is 1. The minimum absolute atomic E-state index is 0. The van der Waals surface area contributed by atoms with Crippen molar-refractivity contribution in [1.82, 2.24) is 15.1 Å². The number of halogens is 1. The Bertz CT molecular complexity index is 610. The number of hydrogen-bond acceptors (Lipinski definition) is 4. The predicted molar refractivity (Wildman–Crippen MR) is 131 cm³/mol. The van der Waals surface area contributed by atoms with Crippen molar-refractivity contribution in [2.24, 2.45) is 4.99 Å². The van der Waals surface area contributed by atoms with Crippen LogP contribution in [0.2, 0.25) is 0 Å². The molecule has 3 rings (SSSR count). The fraction of sp³-hybridized carbons (Fsp3) is 0.667. The minimum Gasteiger partial charge on any atom is -0.379 e. The molecule has 2 aliphatic heterocycles. The Morgan fingerprint density at radius 2 is 1.93 bits per heavy atom. The highest BCUT2D eigenvalue weighted by Gasteiger charge is 2.21. The van der Waals surface area contributed by atoms with Crippen molar-refractivity contribution in [3.8, 4) is 0 Å². The quantitative estimate of drug-likeness (QED) is 0.355. The van der Waals surface area contributed by atoms with E-state index in [1.807, 2.05) is 0 Å². The summed E-state index contributed by atoms with van der Waals surface area (Å²) in [6.45, 7) is 13.0. The minimum atomic E-state index is 0. The van der Waals surface area contributed by atoms with Crippen LogP contribution in [0.1, 0.15) is 31.4 Å². The van der Waals surface area contributed by atoms with Gasteiger partial charge in [-0.25, -0.2) is 4.99 Å². The summed E-state index contributed by atoms with van der Waals surface area (Å²) in [5.74, 6) is 2.26. The number of nitrogens with one attached hydrogen (secondary N) is 1. The summed E-state index contributed by atoms with van der Waals surface area (Å²) in [7, 11) is 0. The Balaban J connectivity index is 0.00000280. The number of benzene rings is 1.